The molecule has 4 nitrogen and oxygen atoms in total. The molecule has 2 saturated carbocycles. The van der Waals surface area contributed by atoms with Crippen LogP contribution in [0, 0.1) is 37.7 Å². The van der Waals surface area contributed by atoms with Crippen molar-refractivity contribution in [2.45, 2.75) is 105 Å². The van der Waals surface area contributed by atoms with Crippen LogP contribution in [0.25, 0.3) is 44.0 Å². The number of fused-ring (bicyclic) bond motifs is 4. The minimum absolute atomic E-state index is 0. The first-order chi connectivity index (χ1) is 22.6. The number of carbonyl (C=O) groups excluding carboxylic acids is 1. The number of carbonyl (C=O) groups is 1. The molecule has 3 aromatic carbocycles. The number of aryl methyl sites for hydroxylation is 1. The standard InChI is InChI=1S/C32H30NO.C11H20O2.CH3.Ir/c1-21-18-27-26-6-2-3-7-29(26)34-31(27)28(19-21)30-25-9-8-23(20-24(25)12-17-33-30)22-10-15-32(16-11-22)13-4-5-14-32;1-8(2)5-10(12)7-11(13)6-9(3)4;;/h2-3,6-9,12,17-18,20,22H,4-5,10-11,13-16H2,1H3;7-9,12H,5-6H2,1-4H3;1H3;/q-1;;-1;/b;10-7-;;. The van der Waals surface area contributed by atoms with Crippen molar-refractivity contribution < 1.29 is 34.4 Å². The number of benzene rings is 3. The van der Waals surface area contributed by atoms with E-state index in [0.717, 1.165) is 38.8 Å². The molecule has 1 spiro atoms. The molecular formula is C44H53IrNO3-2. The number of para-hydroxylation sites is 1. The third kappa shape index (κ3) is 8.91. The number of aliphatic hydroxyl groups is 1. The second kappa shape index (κ2) is 16.6. The van der Waals surface area contributed by atoms with E-state index in [-0.39, 0.29) is 39.1 Å². The van der Waals surface area contributed by atoms with E-state index < -0.39 is 0 Å². The second-order valence-corrected chi connectivity index (χ2v) is 15.1. The van der Waals surface area contributed by atoms with Gasteiger partial charge in [0.2, 0.25) is 0 Å². The van der Waals surface area contributed by atoms with Gasteiger partial charge < -0.3 is 21.9 Å². The van der Waals surface area contributed by atoms with Crippen molar-refractivity contribution in [1.82, 2.24) is 4.98 Å². The van der Waals surface area contributed by atoms with Gasteiger partial charge in [-0.25, -0.2) is 0 Å². The second-order valence-electron chi connectivity index (χ2n) is 15.1. The first-order valence-corrected chi connectivity index (χ1v) is 17.8. The number of ketones is 1. The van der Waals surface area contributed by atoms with E-state index in [4.69, 9.17) is 9.40 Å². The van der Waals surface area contributed by atoms with Gasteiger partial charge in [-0.05, 0) is 95.9 Å². The first-order valence-electron chi connectivity index (χ1n) is 17.8. The first kappa shape index (κ1) is 38.5. The van der Waals surface area contributed by atoms with Gasteiger partial charge in [0.25, 0.3) is 0 Å². The number of nitrogens with zero attached hydrogens (tertiary/aromatic N) is 1. The van der Waals surface area contributed by atoms with E-state index in [2.05, 4.69) is 55.5 Å². The Hall–Kier alpha value is -3.27. The minimum atomic E-state index is 0. The van der Waals surface area contributed by atoms with E-state index in [1.807, 2.05) is 46.0 Å². The van der Waals surface area contributed by atoms with Crippen molar-refractivity contribution in [3.05, 3.63) is 97.2 Å². The van der Waals surface area contributed by atoms with Gasteiger partial charge in [0.05, 0.1) is 11.3 Å². The van der Waals surface area contributed by atoms with Crippen LogP contribution in [0.4, 0.5) is 0 Å². The molecule has 263 valence electrons. The van der Waals surface area contributed by atoms with Crippen LogP contribution >= 0.6 is 0 Å². The summed E-state index contributed by atoms with van der Waals surface area (Å²) < 4.78 is 6.34. The summed E-state index contributed by atoms with van der Waals surface area (Å²) in [4.78, 5) is 16.0. The topological polar surface area (TPSA) is 63.3 Å². The molecule has 0 saturated heterocycles. The Morgan fingerprint density at radius 1 is 0.939 bits per heavy atom. The quantitative estimate of drug-likeness (QED) is 0.101. The van der Waals surface area contributed by atoms with Crippen molar-refractivity contribution in [1.29, 1.82) is 0 Å². The predicted octanol–water partition coefficient (Wildman–Crippen LogP) is 12.7. The molecule has 2 aliphatic rings. The molecule has 1 radical (unpaired) electrons. The van der Waals surface area contributed by atoms with Gasteiger partial charge in [-0.1, -0.05) is 94.8 Å². The number of hydrogen-bond donors (Lipinski definition) is 1. The average Bonchev–Trinajstić information content (AvgIpc) is 3.64. The smallest absolute Gasteiger partial charge is 0.159 e. The van der Waals surface area contributed by atoms with E-state index in [1.165, 1.54) is 73.8 Å². The average molecular weight is 836 g/mol. The summed E-state index contributed by atoms with van der Waals surface area (Å²) >= 11 is 0. The molecule has 7 rings (SSSR count). The molecule has 2 heterocycles. The zero-order chi connectivity index (χ0) is 33.1. The van der Waals surface area contributed by atoms with E-state index in [1.54, 1.807) is 0 Å². The number of aromatic nitrogens is 1. The molecule has 5 heteroatoms. The van der Waals surface area contributed by atoms with Crippen LogP contribution in [0.15, 0.2) is 77.0 Å². The van der Waals surface area contributed by atoms with Crippen LogP contribution in [0.5, 0.6) is 0 Å². The SMILES string of the molecule is CC(C)CC(=O)/C=C(\O)CC(C)C.Cc1[c-]c(-c2nccc3cc(C4CCC5(CCCC5)CC4)ccc23)c2oc3ccccc3c2c1.[CH3-].[Ir]. The maximum atomic E-state index is 11.2. The molecular weight excluding hydrogens is 783 g/mol. The third-order valence-corrected chi connectivity index (χ3v) is 10.3. The van der Waals surface area contributed by atoms with Crippen LogP contribution in [0.2, 0.25) is 0 Å². The van der Waals surface area contributed by atoms with E-state index in [0.29, 0.717) is 36.0 Å². The summed E-state index contributed by atoms with van der Waals surface area (Å²) in [6, 6.07) is 23.2. The normalized spacial score (nSPS) is 16.2. The fraction of sp³-hybridized carbons (Fsp3) is 0.432. The van der Waals surface area contributed by atoms with Gasteiger partial charge in [-0.15, -0.1) is 17.7 Å². The number of furan rings is 1. The molecule has 0 aliphatic heterocycles. The number of rotatable bonds is 7. The number of hydrogen-bond acceptors (Lipinski definition) is 4. The number of pyridine rings is 1. The van der Waals surface area contributed by atoms with Gasteiger partial charge in [0, 0.05) is 50.6 Å². The van der Waals surface area contributed by atoms with Crippen LogP contribution in [-0.2, 0) is 24.9 Å². The van der Waals surface area contributed by atoms with Crippen LogP contribution in [0.3, 0.4) is 0 Å². The molecule has 2 aliphatic carbocycles. The van der Waals surface area contributed by atoms with Crippen molar-refractivity contribution in [3.63, 3.8) is 0 Å². The minimum Gasteiger partial charge on any atom is -0.512 e. The molecule has 0 bridgehead atoms. The van der Waals surface area contributed by atoms with Crippen molar-refractivity contribution in [2.75, 3.05) is 0 Å². The zero-order valence-corrected chi connectivity index (χ0v) is 32.6. The van der Waals surface area contributed by atoms with Crippen LogP contribution < -0.4 is 0 Å². The maximum absolute atomic E-state index is 11.2. The largest absolute Gasteiger partial charge is 0.512 e. The summed E-state index contributed by atoms with van der Waals surface area (Å²) in [5.74, 6) is 1.67. The summed E-state index contributed by atoms with van der Waals surface area (Å²) in [6.45, 7) is 10.1. The van der Waals surface area contributed by atoms with Crippen molar-refractivity contribution in [2.24, 2.45) is 17.3 Å². The molecule has 0 atom stereocenters. The van der Waals surface area contributed by atoms with Crippen LogP contribution in [0.1, 0.15) is 109 Å². The molecule has 5 aromatic rings. The monoisotopic (exact) mass is 836 g/mol. The summed E-state index contributed by atoms with van der Waals surface area (Å²) in [5, 5.41) is 14.1. The maximum Gasteiger partial charge on any atom is 0.159 e. The van der Waals surface area contributed by atoms with Gasteiger partial charge >= 0.3 is 0 Å². The van der Waals surface area contributed by atoms with Gasteiger partial charge in [0.15, 0.2) is 5.78 Å². The molecule has 0 unspecified atom stereocenters. The number of allylic oxidation sites excluding steroid dienone is 2. The Labute approximate surface area is 307 Å². The summed E-state index contributed by atoms with van der Waals surface area (Å²) in [6.07, 6.45) is 15.8. The van der Waals surface area contributed by atoms with Gasteiger partial charge in [0.1, 0.15) is 5.58 Å². The zero-order valence-electron chi connectivity index (χ0n) is 30.2. The predicted molar refractivity (Wildman–Crippen MR) is 201 cm³/mol. The van der Waals surface area contributed by atoms with Gasteiger partial charge in [-0.2, -0.15) is 0 Å². The summed E-state index contributed by atoms with van der Waals surface area (Å²) in [7, 11) is 0. The van der Waals surface area contributed by atoms with Crippen molar-refractivity contribution >= 4 is 38.5 Å². The molecule has 0 amide bonds. The fourth-order valence-corrected chi connectivity index (χ4v) is 8.03. The molecule has 2 fully saturated rings. The number of aliphatic hydroxyl groups excluding tert-OH is 1. The Kier molecular flexibility index (Phi) is 13.1. The fourth-order valence-electron chi connectivity index (χ4n) is 8.03. The third-order valence-electron chi connectivity index (χ3n) is 10.3. The Morgan fingerprint density at radius 2 is 1.63 bits per heavy atom. The summed E-state index contributed by atoms with van der Waals surface area (Å²) in [5.41, 5.74) is 7.01. The van der Waals surface area contributed by atoms with E-state index in [9.17, 15) is 9.90 Å². The Bertz CT molecular complexity index is 1900. The molecule has 1 N–H and O–H groups in total. The van der Waals surface area contributed by atoms with Crippen LogP contribution in [-0.4, -0.2) is 15.9 Å². The van der Waals surface area contributed by atoms with E-state index >= 15 is 0 Å². The Morgan fingerprint density at radius 3 is 2.33 bits per heavy atom. The van der Waals surface area contributed by atoms with Crippen molar-refractivity contribution in [3.8, 4) is 11.3 Å². The Balaban J connectivity index is 0.000000312. The molecule has 2 aromatic heterocycles. The van der Waals surface area contributed by atoms with Gasteiger partial charge in [-0.3, -0.25) is 4.79 Å². The molecule has 49 heavy (non-hydrogen) atoms.